The first kappa shape index (κ1) is 11.2. The number of rotatable bonds is 3. The number of H-pyrrole nitrogens is 1. The summed E-state index contributed by atoms with van der Waals surface area (Å²) in [6.45, 7) is 1.83. The van der Waals surface area contributed by atoms with Gasteiger partial charge in [0.25, 0.3) is 0 Å². The van der Waals surface area contributed by atoms with E-state index in [2.05, 4.69) is 15.2 Å². The predicted octanol–water partition coefficient (Wildman–Crippen LogP) is 2.73. The number of hydrogen-bond donors (Lipinski definition) is 1. The number of aromatic amines is 1. The normalized spacial score (nSPS) is 10.4. The van der Waals surface area contributed by atoms with Crippen molar-refractivity contribution < 1.29 is 4.79 Å². The van der Waals surface area contributed by atoms with E-state index in [1.165, 1.54) is 11.8 Å². The number of nitrogens with one attached hydrogen (secondary N) is 1. The van der Waals surface area contributed by atoms with Crippen LogP contribution in [0.3, 0.4) is 0 Å². The Balaban J connectivity index is 2.25. The van der Waals surface area contributed by atoms with Gasteiger partial charge in [-0.25, -0.2) is 4.98 Å². The van der Waals surface area contributed by atoms with Gasteiger partial charge in [0, 0.05) is 10.5 Å². The molecule has 2 rings (SSSR count). The molecule has 0 amide bonds. The number of aldehydes is 1. The van der Waals surface area contributed by atoms with Crippen LogP contribution in [0.5, 0.6) is 0 Å². The topological polar surface area (TPSA) is 58.6 Å². The zero-order valence-corrected chi connectivity index (χ0v) is 9.97. The van der Waals surface area contributed by atoms with E-state index >= 15 is 0 Å². The van der Waals surface area contributed by atoms with E-state index in [0.29, 0.717) is 15.7 Å². The van der Waals surface area contributed by atoms with Crippen molar-refractivity contribution in [3.8, 4) is 0 Å². The number of benzene rings is 1. The second-order valence-corrected chi connectivity index (χ2v) is 4.53. The summed E-state index contributed by atoms with van der Waals surface area (Å²) in [5, 5.41) is 7.88. The Kier molecular flexibility index (Phi) is 3.26. The van der Waals surface area contributed by atoms with Crippen LogP contribution in [0.4, 0.5) is 0 Å². The molecule has 0 saturated carbocycles. The molecule has 0 radical (unpaired) electrons. The lowest BCUT2D eigenvalue weighted by Crippen LogP contribution is -1.82. The lowest BCUT2D eigenvalue weighted by molar-refractivity contribution is 0.112. The van der Waals surface area contributed by atoms with Crippen LogP contribution in [0.15, 0.2) is 28.3 Å². The monoisotopic (exact) mass is 253 g/mol. The minimum atomic E-state index is 0.525. The Labute approximate surface area is 101 Å². The van der Waals surface area contributed by atoms with Gasteiger partial charge in [-0.15, -0.1) is 5.10 Å². The van der Waals surface area contributed by atoms with Crippen molar-refractivity contribution in [3.63, 3.8) is 0 Å². The average molecular weight is 254 g/mol. The van der Waals surface area contributed by atoms with Gasteiger partial charge in [0.2, 0.25) is 5.16 Å². The number of carbonyl (C=O) groups is 1. The molecule has 1 aromatic carbocycles. The Morgan fingerprint density at radius 3 is 2.88 bits per heavy atom. The largest absolute Gasteiger partial charge is 0.298 e. The van der Waals surface area contributed by atoms with E-state index in [1.54, 1.807) is 18.2 Å². The fraction of sp³-hybridized carbons (Fsp3) is 0.100. The highest BCUT2D eigenvalue weighted by atomic mass is 35.5. The molecule has 0 unspecified atom stereocenters. The molecule has 0 atom stereocenters. The van der Waals surface area contributed by atoms with Crippen molar-refractivity contribution in [1.82, 2.24) is 15.2 Å². The molecule has 2 aromatic rings. The van der Waals surface area contributed by atoms with Crippen LogP contribution < -0.4 is 0 Å². The molecule has 0 aliphatic heterocycles. The molecule has 4 nitrogen and oxygen atoms in total. The quantitative estimate of drug-likeness (QED) is 0.855. The average Bonchev–Trinajstić information content (AvgIpc) is 2.67. The van der Waals surface area contributed by atoms with Crippen LogP contribution >= 0.6 is 23.4 Å². The van der Waals surface area contributed by atoms with Crippen LogP contribution in [0, 0.1) is 6.92 Å². The molecule has 0 saturated heterocycles. The molecule has 0 spiro atoms. The summed E-state index contributed by atoms with van der Waals surface area (Å²) in [7, 11) is 0. The number of hydrogen-bond acceptors (Lipinski definition) is 4. The lowest BCUT2D eigenvalue weighted by Gasteiger charge is -2.00. The molecule has 6 heteroatoms. The summed E-state index contributed by atoms with van der Waals surface area (Å²) in [6.07, 6.45) is 0.761. The van der Waals surface area contributed by atoms with Gasteiger partial charge >= 0.3 is 0 Å². The zero-order valence-electron chi connectivity index (χ0n) is 8.40. The first-order valence-corrected chi connectivity index (χ1v) is 5.70. The number of nitrogens with zero attached hydrogens (tertiary/aromatic N) is 2. The van der Waals surface area contributed by atoms with Crippen molar-refractivity contribution in [1.29, 1.82) is 0 Å². The van der Waals surface area contributed by atoms with Gasteiger partial charge in [-0.1, -0.05) is 17.7 Å². The van der Waals surface area contributed by atoms with Crippen molar-refractivity contribution in [2.24, 2.45) is 0 Å². The molecule has 0 bridgehead atoms. The van der Waals surface area contributed by atoms with Crippen molar-refractivity contribution in [3.05, 3.63) is 34.6 Å². The second-order valence-electron chi connectivity index (χ2n) is 3.11. The lowest BCUT2D eigenvalue weighted by atomic mass is 10.2. The molecule has 0 aliphatic rings. The first-order chi connectivity index (χ1) is 7.69. The maximum atomic E-state index is 10.5. The van der Waals surface area contributed by atoms with Crippen LogP contribution in [-0.4, -0.2) is 21.5 Å². The number of carbonyl (C=O) groups excluding carboxylic acids is 1. The van der Waals surface area contributed by atoms with Gasteiger partial charge in [-0.2, -0.15) is 0 Å². The Morgan fingerprint density at radius 1 is 1.50 bits per heavy atom. The summed E-state index contributed by atoms with van der Waals surface area (Å²) in [5.41, 5.74) is 0.556. The van der Waals surface area contributed by atoms with E-state index < -0.39 is 0 Å². The first-order valence-electron chi connectivity index (χ1n) is 4.50. The van der Waals surface area contributed by atoms with E-state index in [1.807, 2.05) is 6.92 Å². The fourth-order valence-electron chi connectivity index (χ4n) is 1.14. The number of aryl methyl sites for hydroxylation is 1. The van der Waals surface area contributed by atoms with Gasteiger partial charge < -0.3 is 0 Å². The molecule has 1 N–H and O–H groups in total. The molecular weight excluding hydrogens is 246 g/mol. The van der Waals surface area contributed by atoms with Crippen LogP contribution in [0.2, 0.25) is 5.02 Å². The minimum Gasteiger partial charge on any atom is -0.298 e. The van der Waals surface area contributed by atoms with Crippen molar-refractivity contribution >= 4 is 29.6 Å². The molecule has 0 aliphatic carbocycles. The Bertz CT molecular complexity index is 527. The number of aromatic nitrogens is 3. The second kappa shape index (κ2) is 4.67. The summed E-state index contributed by atoms with van der Waals surface area (Å²) in [5.74, 6) is 0.753. The molecule has 16 heavy (non-hydrogen) atoms. The summed E-state index contributed by atoms with van der Waals surface area (Å²) < 4.78 is 0. The van der Waals surface area contributed by atoms with Crippen LogP contribution in [0.1, 0.15) is 16.2 Å². The van der Waals surface area contributed by atoms with Crippen LogP contribution in [-0.2, 0) is 0 Å². The third-order valence-electron chi connectivity index (χ3n) is 1.87. The highest BCUT2D eigenvalue weighted by Crippen LogP contribution is 2.31. The summed E-state index contributed by atoms with van der Waals surface area (Å²) in [4.78, 5) is 15.5. The van der Waals surface area contributed by atoms with E-state index in [-0.39, 0.29) is 0 Å². The standard InChI is InChI=1S/C10H8ClN3OS/c1-6-12-10(14-13-6)16-9-3-2-7(5-15)4-8(9)11/h2-5H,1H3,(H,12,13,14). The highest BCUT2D eigenvalue weighted by Gasteiger charge is 2.07. The molecule has 0 fully saturated rings. The Morgan fingerprint density at radius 2 is 2.31 bits per heavy atom. The fourth-order valence-corrected chi connectivity index (χ4v) is 2.21. The summed E-state index contributed by atoms with van der Waals surface area (Å²) >= 11 is 7.37. The van der Waals surface area contributed by atoms with Gasteiger partial charge in [0.15, 0.2) is 0 Å². The SMILES string of the molecule is Cc1nc(Sc2ccc(C=O)cc2Cl)n[nH]1. The maximum absolute atomic E-state index is 10.5. The van der Waals surface area contributed by atoms with Gasteiger partial charge in [0.05, 0.1) is 5.02 Å². The zero-order chi connectivity index (χ0) is 11.5. The van der Waals surface area contributed by atoms with E-state index in [4.69, 9.17) is 11.6 Å². The van der Waals surface area contributed by atoms with Crippen LogP contribution in [0.25, 0.3) is 0 Å². The van der Waals surface area contributed by atoms with E-state index in [9.17, 15) is 4.79 Å². The predicted molar refractivity (Wildman–Crippen MR) is 62.1 cm³/mol. The molecule has 1 heterocycles. The third-order valence-corrected chi connectivity index (χ3v) is 3.24. The maximum Gasteiger partial charge on any atom is 0.213 e. The smallest absolute Gasteiger partial charge is 0.213 e. The summed E-state index contributed by atoms with van der Waals surface area (Å²) in [6, 6.07) is 5.11. The van der Waals surface area contributed by atoms with E-state index in [0.717, 1.165) is 17.0 Å². The van der Waals surface area contributed by atoms with Gasteiger partial charge in [0.1, 0.15) is 12.1 Å². The minimum absolute atomic E-state index is 0.525. The Hall–Kier alpha value is -1.33. The number of halogens is 1. The van der Waals surface area contributed by atoms with Gasteiger partial charge in [-0.05, 0) is 30.8 Å². The van der Waals surface area contributed by atoms with Crippen molar-refractivity contribution in [2.45, 2.75) is 17.0 Å². The molecule has 82 valence electrons. The van der Waals surface area contributed by atoms with Gasteiger partial charge in [-0.3, -0.25) is 9.89 Å². The highest BCUT2D eigenvalue weighted by molar-refractivity contribution is 7.99. The molecule has 1 aromatic heterocycles. The van der Waals surface area contributed by atoms with Crippen molar-refractivity contribution in [2.75, 3.05) is 0 Å². The molecular formula is C10H8ClN3OS. The third kappa shape index (κ3) is 2.43.